The zero-order chi connectivity index (χ0) is 15.2. The second-order valence-corrected chi connectivity index (χ2v) is 4.90. The Bertz CT molecular complexity index is 661. The lowest BCUT2D eigenvalue weighted by molar-refractivity contribution is 0.217. The quantitative estimate of drug-likeness (QED) is 0.811. The Morgan fingerprint density at radius 2 is 2.10 bits per heavy atom. The minimum Gasteiger partial charge on any atom is -0.491 e. The Morgan fingerprint density at radius 1 is 1.29 bits per heavy atom. The van der Waals surface area contributed by atoms with Gasteiger partial charge in [0.05, 0.1) is 29.1 Å². The second kappa shape index (κ2) is 6.67. The molecule has 4 nitrogen and oxygen atoms in total. The van der Waals surface area contributed by atoms with Crippen molar-refractivity contribution in [3.8, 4) is 11.8 Å². The summed E-state index contributed by atoms with van der Waals surface area (Å²) in [4.78, 5) is 0. The van der Waals surface area contributed by atoms with Gasteiger partial charge in [-0.2, -0.15) is 5.26 Å². The smallest absolute Gasteiger partial charge is 0.121 e. The molecule has 0 aliphatic heterocycles. The molecule has 1 unspecified atom stereocenters. The molecule has 2 aromatic rings. The summed E-state index contributed by atoms with van der Waals surface area (Å²) in [7, 11) is 0. The van der Waals surface area contributed by atoms with Gasteiger partial charge in [-0.3, -0.25) is 0 Å². The van der Waals surface area contributed by atoms with Gasteiger partial charge in [0.1, 0.15) is 5.75 Å². The molecule has 0 saturated carbocycles. The van der Waals surface area contributed by atoms with Gasteiger partial charge < -0.3 is 15.8 Å². The first-order valence-electron chi connectivity index (χ1n) is 6.95. The van der Waals surface area contributed by atoms with E-state index in [1.165, 1.54) is 0 Å². The second-order valence-electron chi connectivity index (χ2n) is 4.90. The normalized spacial score (nSPS) is 11.5. The van der Waals surface area contributed by atoms with E-state index < -0.39 is 0 Å². The number of ether oxygens (including phenoxy) is 1. The van der Waals surface area contributed by atoms with E-state index in [9.17, 15) is 0 Å². The van der Waals surface area contributed by atoms with Crippen LogP contribution in [0.25, 0.3) is 0 Å². The average Bonchev–Trinajstić information content (AvgIpc) is 2.49. The standard InChI is InChI=1S/C17H19N3O/c1-3-12(2)21-15-6-4-5-14(10-15)20-17-8-7-13(11-18)9-16(17)19/h4-10,12,20H,3,19H2,1-2H3. The molecule has 0 aliphatic carbocycles. The Morgan fingerprint density at radius 3 is 2.76 bits per heavy atom. The number of rotatable bonds is 5. The van der Waals surface area contributed by atoms with Crippen LogP contribution in [0.1, 0.15) is 25.8 Å². The number of nitrogen functional groups attached to an aromatic ring is 1. The number of benzene rings is 2. The summed E-state index contributed by atoms with van der Waals surface area (Å²) in [6.07, 6.45) is 1.14. The van der Waals surface area contributed by atoms with E-state index in [1.54, 1.807) is 18.2 Å². The maximum Gasteiger partial charge on any atom is 0.121 e. The molecule has 4 heteroatoms. The van der Waals surface area contributed by atoms with Crippen LogP contribution in [0.15, 0.2) is 42.5 Å². The van der Waals surface area contributed by atoms with E-state index in [2.05, 4.69) is 18.3 Å². The molecule has 0 bridgehead atoms. The maximum absolute atomic E-state index is 8.84. The van der Waals surface area contributed by atoms with Crippen molar-refractivity contribution in [2.24, 2.45) is 0 Å². The van der Waals surface area contributed by atoms with Crippen LogP contribution in [-0.4, -0.2) is 6.10 Å². The average molecular weight is 281 g/mol. The molecule has 3 N–H and O–H groups in total. The number of nitrogens with zero attached hydrogens (tertiary/aromatic N) is 1. The van der Waals surface area contributed by atoms with Crippen LogP contribution in [0.2, 0.25) is 0 Å². The van der Waals surface area contributed by atoms with Gasteiger partial charge in [-0.15, -0.1) is 0 Å². The van der Waals surface area contributed by atoms with E-state index in [0.717, 1.165) is 23.5 Å². The molecule has 0 heterocycles. The molecular weight excluding hydrogens is 262 g/mol. The lowest BCUT2D eigenvalue weighted by Crippen LogP contribution is -2.09. The van der Waals surface area contributed by atoms with E-state index >= 15 is 0 Å². The predicted molar refractivity (Wildman–Crippen MR) is 85.7 cm³/mol. The molecule has 0 fully saturated rings. The van der Waals surface area contributed by atoms with Crippen molar-refractivity contribution >= 4 is 17.1 Å². The number of anilines is 3. The predicted octanol–water partition coefficient (Wildman–Crippen LogP) is 4.06. The summed E-state index contributed by atoms with van der Waals surface area (Å²) in [6.45, 7) is 4.13. The van der Waals surface area contributed by atoms with Crippen LogP contribution in [0, 0.1) is 11.3 Å². The lowest BCUT2D eigenvalue weighted by atomic mass is 10.2. The van der Waals surface area contributed by atoms with Crippen molar-refractivity contribution in [2.45, 2.75) is 26.4 Å². The fourth-order valence-electron chi connectivity index (χ4n) is 1.86. The molecule has 0 amide bonds. The molecule has 2 aromatic carbocycles. The third kappa shape index (κ3) is 3.90. The highest BCUT2D eigenvalue weighted by atomic mass is 16.5. The highest BCUT2D eigenvalue weighted by Gasteiger charge is 2.04. The Balaban J connectivity index is 2.16. The van der Waals surface area contributed by atoms with Crippen molar-refractivity contribution in [1.29, 1.82) is 5.26 Å². The van der Waals surface area contributed by atoms with Crippen molar-refractivity contribution in [1.82, 2.24) is 0 Å². The van der Waals surface area contributed by atoms with Crippen LogP contribution in [0.4, 0.5) is 17.1 Å². The van der Waals surface area contributed by atoms with Crippen LogP contribution in [-0.2, 0) is 0 Å². The van der Waals surface area contributed by atoms with Crippen LogP contribution < -0.4 is 15.8 Å². The zero-order valence-electron chi connectivity index (χ0n) is 12.3. The number of nitrogens with two attached hydrogens (primary N) is 1. The van der Waals surface area contributed by atoms with Gasteiger partial charge in [0.25, 0.3) is 0 Å². The fraction of sp³-hybridized carbons (Fsp3) is 0.235. The third-order valence-electron chi connectivity index (χ3n) is 3.21. The van der Waals surface area contributed by atoms with Gasteiger partial charge >= 0.3 is 0 Å². The van der Waals surface area contributed by atoms with Crippen molar-refractivity contribution < 1.29 is 4.74 Å². The monoisotopic (exact) mass is 281 g/mol. The maximum atomic E-state index is 8.84. The van der Waals surface area contributed by atoms with Gasteiger partial charge in [0.15, 0.2) is 0 Å². The molecule has 0 radical (unpaired) electrons. The lowest BCUT2D eigenvalue weighted by Gasteiger charge is -2.14. The molecule has 21 heavy (non-hydrogen) atoms. The minimum atomic E-state index is 0.181. The summed E-state index contributed by atoms with van der Waals surface area (Å²) in [5, 5.41) is 12.1. The Hall–Kier alpha value is -2.67. The summed E-state index contributed by atoms with van der Waals surface area (Å²) >= 11 is 0. The minimum absolute atomic E-state index is 0.181. The molecule has 0 aromatic heterocycles. The first-order valence-corrected chi connectivity index (χ1v) is 6.95. The summed E-state index contributed by atoms with van der Waals surface area (Å²) < 4.78 is 5.79. The molecule has 2 rings (SSSR count). The Kier molecular flexibility index (Phi) is 4.68. The summed E-state index contributed by atoms with van der Waals surface area (Å²) in [6, 6.07) is 15.0. The van der Waals surface area contributed by atoms with E-state index in [-0.39, 0.29) is 6.10 Å². The molecule has 1 atom stereocenters. The van der Waals surface area contributed by atoms with E-state index in [1.807, 2.05) is 31.2 Å². The summed E-state index contributed by atoms with van der Waals surface area (Å²) in [5.74, 6) is 0.821. The summed E-state index contributed by atoms with van der Waals surface area (Å²) in [5.41, 5.74) is 8.70. The van der Waals surface area contributed by atoms with Crippen molar-refractivity contribution in [2.75, 3.05) is 11.1 Å². The van der Waals surface area contributed by atoms with Crippen molar-refractivity contribution in [3.05, 3.63) is 48.0 Å². The number of hydrogen-bond donors (Lipinski definition) is 2. The van der Waals surface area contributed by atoms with Crippen LogP contribution in [0.3, 0.4) is 0 Å². The molecule has 108 valence electrons. The van der Waals surface area contributed by atoms with E-state index in [0.29, 0.717) is 11.3 Å². The highest BCUT2D eigenvalue weighted by Crippen LogP contribution is 2.26. The fourth-order valence-corrected chi connectivity index (χ4v) is 1.86. The van der Waals surface area contributed by atoms with Crippen molar-refractivity contribution in [3.63, 3.8) is 0 Å². The first kappa shape index (κ1) is 14.7. The molecule has 0 saturated heterocycles. The van der Waals surface area contributed by atoms with Crippen LogP contribution in [0.5, 0.6) is 5.75 Å². The van der Waals surface area contributed by atoms with Gasteiger partial charge in [-0.1, -0.05) is 13.0 Å². The zero-order valence-corrected chi connectivity index (χ0v) is 12.3. The molecule has 0 aliphatic rings. The highest BCUT2D eigenvalue weighted by molar-refractivity contribution is 5.74. The Labute approximate surface area is 125 Å². The number of nitrogens with one attached hydrogen (secondary N) is 1. The third-order valence-corrected chi connectivity index (χ3v) is 3.21. The van der Waals surface area contributed by atoms with Gasteiger partial charge in [0, 0.05) is 11.8 Å². The van der Waals surface area contributed by atoms with Gasteiger partial charge in [-0.25, -0.2) is 0 Å². The SMILES string of the molecule is CCC(C)Oc1cccc(Nc2ccc(C#N)cc2N)c1. The van der Waals surface area contributed by atoms with Gasteiger partial charge in [-0.05, 0) is 43.7 Å². The molecule has 0 spiro atoms. The van der Waals surface area contributed by atoms with E-state index in [4.69, 9.17) is 15.7 Å². The van der Waals surface area contributed by atoms with Gasteiger partial charge in [0.2, 0.25) is 0 Å². The topological polar surface area (TPSA) is 71.1 Å². The largest absolute Gasteiger partial charge is 0.491 e. The number of hydrogen-bond acceptors (Lipinski definition) is 4. The van der Waals surface area contributed by atoms with Crippen LogP contribution >= 0.6 is 0 Å². The first-order chi connectivity index (χ1) is 10.1. The molecular formula is C17H19N3O. The number of nitriles is 1.